The molecule has 0 atom stereocenters. The number of benzene rings is 2. The third-order valence-corrected chi connectivity index (χ3v) is 4.29. The van der Waals surface area contributed by atoms with Crippen LogP contribution in [0.5, 0.6) is 17.4 Å². The molecule has 0 radical (unpaired) electrons. The monoisotopic (exact) mass is 410 g/mol. The van der Waals surface area contributed by atoms with Crippen molar-refractivity contribution >= 4 is 11.6 Å². The van der Waals surface area contributed by atoms with E-state index in [1.54, 1.807) is 50.4 Å². The van der Waals surface area contributed by atoms with E-state index in [9.17, 15) is 14.9 Å². The molecule has 0 spiro atoms. The minimum absolute atomic E-state index is 0.0519. The molecule has 1 amide bonds. The van der Waals surface area contributed by atoms with Crippen LogP contribution < -0.4 is 14.8 Å². The molecule has 9 heteroatoms. The molecule has 3 rings (SSSR count). The highest BCUT2D eigenvalue weighted by Gasteiger charge is 2.25. The number of carbonyl (C=O) groups excluding carboxylic acids is 1. The first-order valence-corrected chi connectivity index (χ1v) is 9.28. The molecule has 156 valence electrons. The topological polar surface area (TPSA) is 109 Å². The second-order valence-corrected chi connectivity index (χ2v) is 6.84. The third kappa shape index (κ3) is 4.24. The minimum Gasteiger partial charge on any atom is -0.497 e. The van der Waals surface area contributed by atoms with Gasteiger partial charge in [-0.2, -0.15) is 9.78 Å². The molecule has 9 nitrogen and oxygen atoms in total. The summed E-state index contributed by atoms with van der Waals surface area (Å²) in [6.07, 6.45) is 0. The Morgan fingerprint density at radius 1 is 1.17 bits per heavy atom. The van der Waals surface area contributed by atoms with Crippen LogP contribution >= 0.6 is 0 Å². The number of nitro benzene ring substituents is 1. The maximum atomic E-state index is 12.6. The summed E-state index contributed by atoms with van der Waals surface area (Å²) in [6.45, 7) is 5.38. The summed E-state index contributed by atoms with van der Waals surface area (Å²) in [5.41, 5.74) is 1.05. The van der Waals surface area contributed by atoms with Crippen molar-refractivity contribution in [1.82, 2.24) is 15.1 Å². The van der Waals surface area contributed by atoms with Crippen LogP contribution in [0.25, 0.3) is 5.69 Å². The molecule has 0 bridgehead atoms. The standard InChI is InChI=1S/C21H22N4O5/c1-13(2)22-20(26)19-14(3)21(30-18-8-6-5-7-17(18)25(27)28)24(23-19)15-9-11-16(29-4)12-10-15/h5-13H,1-4H3,(H,22,26). The van der Waals surface area contributed by atoms with Crippen molar-refractivity contribution < 1.29 is 19.2 Å². The number of para-hydroxylation sites is 2. The van der Waals surface area contributed by atoms with Crippen LogP contribution in [0.4, 0.5) is 5.69 Å². The molecule has 0 saturated heterocycles. The van der Waals surface area contributed by atoms with Gasteiger partial charge in [0.1, 0.15) is 5.75 Å². The normalized spacial score (nSPS) is 10.7. The first kappa shape index (κ1) is 20.8. The van der Waals surface area contributed by atoms with Gasteiger partial charge in [-0.15, -0.1) is 0 Å². The Hall–Kier alpha value is -3.88. The molecular weight excluding hydrogens is 388 g/mol. The lowest BCUT2D eigenvalue weighted by Gasteiger charge is -2.10. The fourth-order valence-corrected chi connectivity index (χ4v) is 2.84. The number of nitrogens with zero attached hydrogens (tertiary/aromatic N) is 3. The van der Waals surface area contributed by atoms with Crippen molar-refractivity contribution in [3.05, 3.63) is 69.9 Å². The number of hydrogen-bond acceptors (Lipinski definition) is 6. The Labute approximate surface area is 173 Å². The van der Waals surface area contributed by atoms with Crippen molar-refractivity contribution in [1.29, 1.82) is 0 Å². The van der Waals surface area contributed by atoms with Gasteiger partial charge in [-0.3, -0.25) is 14.9 Å². The van der Waals surface area contributed by atoms with Crippen molar-refractivity contribution in [2.45, 2.75) is 26.8 Å². The van der Waals surface area contributed by atoms with Gasteiger partial charge >= 0.3 is 5.69 Å². The molecule has 0 aliphatic heterocycles. The number of rotatable bonds is 7. The smallest absolute Gasteiger partial charge is 0.311 e. The Kier molecular flexibility index (Phi) is 6.01. The average Bonchev–Trinajstić information content (AvgIpc) is 3.04. The molecule has 30 heavy (non-hydrogen) atoms. The number of hydrogen-bond donors (Lipinski definition) is 1. The lowest BCUT2D eigenvalue weighted by Crippen LogP contribution is -2.30. The first-order chi connectivity index (χ1) is 14.3. The summed E-state index contributed by atoms with van der Waals surface area (Å²) >= 11 is 0. The summed E-state index contributed by atoms with van der Waals surface area (Å²) in [5.74, 6) is 0.559. The lowest BCUT2D eigenvalue weighted by atomic mass is 10.2. The van der Waals surface area contributed by atoms with Crippen molar-refractivity contribution in [3.63, 3.8) is 0 Å². The number of carbonyl (C=O) groups is 1. The van der Waals surface area contributed by atoms with Gasteiger partial charge in [0.25, 0.3) is 5.91 Å². The van der Waals surface area contributed by atoms with Gasteiger partial charge < -0.3 is 14.8 Å². The summed E-state index contributed by atoms with van der Waals surface area (Å²) in [5, 5.41) is 18.6. The van der Waals surface area contributed by atoms with Crippen LogP contribution in [0.1, 0.15) is 29.9 Å². The molecule has 3 aromatic rings. The van der Waals surface area contributed by atoms with E-state index in [1.165, 1.54) is 16.8 Å². The van der Waals surface area contributed by atoms with Crippen molar-refractivity contribution in [2.75, 3.05) is 7.11 Å². The molecule has 2 aromatic carbocycles. The quantitative estimate of drug-likeness (QED) is 0.465. The second kappa shape index (κ2) is 8.64. The highest BCUT2D eigenvalue weighted by Crippen LogP contribution is 2.35. The van der Waals surface area contributed by atoms with E-state index < -0.39 is 4.92 Å². The van der Waals surface area contributed by atoms with E-state index in [-0.39, 0.29) is 35.0 Å². The summed E-state index contributed by atoms with van der Waals surface area (Å²) in [6, 6.07) is 13.0. The van der Waals surface area contributed by atoms with Crippen LogP contribution in [-0.4, -0.2) is 33.8 Å². The Morgan fingerprint density at radius 2 is 1.83 bits per heavy atom. The van der Waals surface area contributed by atoms with Crippen LogP contribution in [0.3, 0.4) is 0 Å². The van der Waals surface area contributed by atoms with Crippen LogP contribution in [0.2, 0.25) is 0 Å². The molecule has 1 heterocycles. The van der Waals surface area contributed by atoms with Crippen molar-refractivity contribution in [3.8, 4) is 23.1 Å². The fraction of sp³-hybridized carbons (Fsp3) is 0.238. The third-order valence-electron chi connectivity index (χ3n) is 4.29. The molecule has 1 aromatic heterocycles. The molecular formula is C21H22N4O5. The zero-order valence-electron chi connectivity index (χ0n) is 17.1. The zero-order valence-corrected chi connectivity index (χ0v) is 17.1. The number of ether oxygens (including phenoxy) is 2. The SMILES string of the molecule is COc1ccc(-n2nc(C(=O)NC(C)C)c(C)c2Oc2ccccc2[N+](=O)[O-])cc1. The molecule has 0 aliphatic rings. The first-order valence-electron chi connectivity index (χ1n) is 9.28. The molecule has 0 saturated carbocycles. The Morgan fingerprint density at radius 3 is 2.43 bits per heavy atom. The largest absolute Gasteiger partial charge is 0.497 e. The van der Waals surface area contributed by atoms with Gasteiger partial charge in [0.2, 0.25) is 11.6 Å². The van der Waals surface area contributed by atoms with Crippen LogP contribution in [0.15, 0.2) is 48.5 Å². The molecule has 0 aliphatic carbocycles. The van der Waals surface area contributed by atoms with E-state index >= 15 is 0 Å². The van der Waals surface area contributed by atoms with Gasteiger partial charge in [-0.05, 0) is 51.1 Å². The van der Waals surface area contributed by atoms with E-state index in [0.717, 1.165) is 0 Å². The summed E-state index contributed by atoms with van der Waals surface area (Å²) in [7, 11) is 1.56. The highest BCUT2D eigenvalue weighted by atomic mass is 16.6. The fourth-order valence-electron chi connectivity index (χ4n) is 2.84. The summed E-state index contributed by atoms with van der Waals surface area (Å²) < 4.78 is 12.6. The molecule has 1 N–H and O–H groups in total. The molecule has 0 fully saturated rings. The number of amides is 1. The number of aromatic nitrogens is 2. The van der Waals surface area contributed by atoms with Gasteiger partial charge in [-0.1, -0.05) is 12.1 Å². The zero-order chi connectivity index (χ0) is 21.8. The van der Waals surface area contributed by atoms with Gasteiger partial charge in [-0.25, -0.2) is 0 Å². The minimum atomic E-state index is -0.523. The maximum absolute atomic E-state index is 12.6. The van der Waals surface area contributed by atoms with Gasteiger partial charge in [0.15, 0.2) is 5.69 Å². The number of nitro groups is 1. The van der Waals surface area contributed by atoms with Crippen LogP contribution in [-0.2, 0) is 0 Å². The second-order valence-electron chi connectivity index (χ2n) is 6.84. The van der Waals surface area contributed by atoms with Crippen molar-refractivity contribution in [2.24, 2.45) is 0 Å². The van der Waals surface area contributed by atoms with Gasteiger partial charge in [0.05, 0.1) is 17.7 Å². The van der Waals surface area contributed by atoms with Crippen LogP contribution in [0, 0.1) is 17.0 Å². The van der Waals surface area contributed by atoms with E-state index in [1.807, 2.05) is 13.8 Å². The van der Waals surface area contributed by atoms with E-state index in [4.69, 9.17) is 9.47 Å². The molecule has 0 unspecified atom stereocenters. The predicted octanol–water partition coefficient (Wildman–Crippen LogP) is 4.03. The summed E-state index contributed by atoms with van der Waals surface area (Å²) in [4.78, 5) is 23.5. The number of methoxy groups -OCH3 is 1. The Balaban J connectivity index is 2.13. The van der Waals surface area contributed by atoms with E-state index in [2.05, 4.69) is 10.4 Å². The Bertz CT molecular complexity index is 1070. The maximum Gasteiger partial charge on any atom is 0.311 e. The predicted molar refractivity (Wildman–Crippen MR) is 111 cm³/mol. The highest BCUT2D eigenvalue weighted by molar-refractivity contribution is 5.94. The lowest BCUT2D eigenvalue weighted by molar-refractivity contribution is -0.385. The number of nitrogens with one attached hydrogen (secondary N) is 1. The van der Waals surface area contributed by atoms with Gasteiger partial charge in [0, 0.05) is 17.7 Å². The average molecular weight is 410 g/mol. The van der Waals surface area contributed by atoms with E-state index in [0.29, 0.717) is 17.0 Å².